The zero-order valence-corrected chi connectivity index (χ0v) is 41.3. The van der Waals surface area contributed by atoms with E-state index in [-0.39, 0.29) is 57.8 Å². The molecule has 0 aromatic carbocycles. The minimum absolute atomic E-state index is 0.0403. The second-order valence-corrected chi connectivity index (χ2v) is 18.1. The zero-order chi connectivity index (χ0) is 52.4. The smallest absolute Gasteiger partial charge is 0.277 e. The van der Waals surface area contributed by atoms with E-state index in [1.54, 1.807) is 104 Å². The maximum Gasteiger partial charge on any atom is 0.277 e. The van der Waals surface area contributed by atoms with Crippen molar-refractivity contribution in [2.45, 2.75) is 79.8 Å². The van der Waals surface area contributed by atoms with Crippen LogP contribution >= 0.6 is 23.2 Å². The first-order valence-electron chi connectivity index (χ1n) is 21.7. The first-order valence-corrected chi connectivity index (χ1v) is 22.4. The molecule has 372 valence electrons. The predicted molar refractivity (Wildman–Crippen MR) is 258 cm³/mol. The molecule has 0 atom stereocenters. The average molecular weight is 1030 g/mol. The zero-order valence-electron chi connectivity index (χ0n) is 39.8. The van der Waals surface area contributed by atoms with Gasteiger partial charge in [0.15, 0.2) is 23.3 Å². The molecule has 8 rings (SSSR count). The van der Waals surface area contributed by atoms with Gasteiger partial charge in [0.2, 0.25) is 0 Å². The third-order valence-corrected chi connectivity index (χ3v) is 11.4. The molecular formula is C50H44Cl2F4N10O6. The van der Waals surface area contributed by atoms with Crippen LogP contribution in [0.1, 0.15) is 73.2 Å². The fourth-order valence-electron chi connectivity index (χ4n) is 6.94. The van der Waals surface area contributed by atoms with Crippen molar-refractivity contribution in [3.63, 3.8) is 0 Å². The highest BCUT2D eigenvalue weighted by atomic mass is 35.5. The Morgan fingerprint density at radius 2 is 0.917 bits per heavy atom. The van der Waals surface area contributed by atoms with Gasteiger partial charge in [0.25, 0.3) is 11.1 Å². The highest BCUT2D eigenvalue weighted by Crippen LogP contribution is 2.30. The van der Waals surface area contributed by atoms with Crippen molar-refractivity contribution in [3.05, 3.63) is 185 Å². The van der Waals surface area contributed by atoms with Crippen molar-refractivity contribution in [3.8, 4) is 45.6 Å². The number of hydrogen-bond donors (Lipinski definition) is 2. The van der Waals surface area contributed by atoms with E-state index in [2.05, 4.69) is 39.9 Å². The fraction of sp³-hybridized carbons (Fsp3) is 0.240. The molecule has 0 amide bonds. The van der Waals surface area contributed by atoms with Gasteiger partial charge in [0, 0.05) is 60.4 Å². The van der Waals surface area contributed by atoms with Gasteiger partial charge in [-0.2, -0.15) is 0 Å². The van der Waals surface area contributed by atoms with Crippen molar-refractivity contribution < 1.29 is 37.2 Å². The van der Waals surface area contributed by atoms with Gasteiger partial charge < -0.3 is 19.7 Å². The molecule has 0 bridgehead atoms. The van der Waals surface area contributed by atoms with Gasteiger partial charge in [-0.25, -0.2) is 37.5 Å². The Bertz CT molecular complexity index is 3270. The molecule has 0 aliphatic rings. The van der Waals surface area contributed by atoms with E-state index >= 15 is 0 Å². The largest absolute Gasteiger partial charge is 0.485 e. The van der Waals surface area contributed by atoms with Crippen molar-refractivity contribution >= 4 is 23.2 Å². The van der Waals surface area contributed by atoms with Crippen LogP contribution in [-0.2, 0) is 24.4 Å². The molecular weight excluding hydrogens is 984 g/mol. The molecule has 16 nitrogen and oxygen atoms in total. The molecule has 0 fully saturated rings. The molecule has 8 aromatic heterocycles. The van der Waals surface area contributed by atoms with Crippen LogP contribution in [-0.4, -0.2) is 59.2 Å². The number of aromatic nitrogens is 10. The van der Waals surface area contributed by atoms with Crippen LogP contribution in [0.3, 0.4) is 0 Å². The number of aliphatic hydroxyl groups is 2. The van der Waals surface area contributed by atoms with Gasteiger partial charge in [-0.3, -0.25) is 38.7 Å². The van der Waals surface area contributed by atoms with Crippen LogP contribution in [0.15, 0.2) is 95.3 Å². The monoisotopic (exact) mass is 1030 g/mol. The number of ether oxygens (including phenoxy) is 2. The molecule has 0 aliphatic heterocycles. The molecule has 72 heavy (non-hydrogen) atoms. The van der Waals surface area contributed by atoms with E-state index in [1.807, 2.05) is 0 Å². The molecule has 2 N–H and O–H groups in total. The van der Waals surface area contributed by atoms with Gasteiger partial charge in [0.05, 0.1) is 46.5 Å². The predicted octanol–water partition coefficient (Wildman–Crippen LogP) is 8.88. The summed E-state index contributed by atoms with van der Waals surface area (Å²) in [5.74, 6) is -2.81. The Hall–Kier alpha value is -7.52. The van der Waals surface area contributed by atoms with Crippen LogP contribution in [0.25, 0.3) is 34.2 Å². The van der Waals surface area contributed by atoms with E-state index in [9.17, 15) is 37.4 Å². The highest BCUT2D eigenvalue weighted by molar-refractivity contribution is 6.32. The fourth-order valence-corrected chi connectivity index (χ4v) is 7.33. The summed E-state index contributed by atoms with van der Waals surface area (Å²) < 4.78 is 67.9. The number of nitrogens with zero attached hydrogens (tertiary/aromatic N) is 10. The summed E-state index contributed by atoms with van der Waals surface area (Å²) >= 11 is 12.7. The number of rotatable bonds is 12. The summed E-state index contributed by atoms with van der Waals surface area (Å²) in [5, 5.41) is 20.1. The summed E-state index contributed by atoms with van der Waals surface area (Å²) in [6.45, 7) is 12.6. The lowest BCUT2D eigenvalue weighted by Crippen LogP contribution is -2.23. The van der Waals surface area contributed by atoms with Gasteiger partial charge in [-0.1, -0.05) is 23.2 Å². The summed E-state index contributed by atoms with van der Waals surface area (Å²) in [5.41, 5.74) is 1.43. The Balaban J connectivity index is 0.000000211. The van der Waals surface area contributed by atoms with Crippen molar-refractivity contribution in [1.29, 1.82) is 0 Å². The summed E-state index contributed by atoms with van der Waals surface area (Å²) in [4.78, 5) is 59.7. The van der Waals surface area contributed by atoms with E-state index in [4.69, 9.17) is 32.7 Å². The van der Waals surface area contributed by atoms with Gasteiger partial charge in [-0.15, -0.1) is 0 Å². The topological polar surface area (TPSA) is 206 Å². The average Bonchev–Trinajstić information content (AvgIpc) is 3.32. The Labute approximate surface area is 418 Å². The van der Waals surface area contributed by atoms with Gasteiger partial charge in [0.1, 0.15) is 69.0 Å². The van der Waals surface area contributed by atoms with Crippen molar-refractivity contribution in [1.82, 2.24) is 49.0 Å². The lowest BCUT2D eigenvalue weighted by Gasteiger charge is -2.17. The molecule has 0 aliphatic carbocycles. The Morgan fingerprint density at radius 1 is 0.542 bits per heavy atom. The maximum atomic E-state index is 13.9. The highest BCUT2D eigenvalue weighted by Gasteiger charge is 2.24. The van der Waals surface area contributed by atoms with Gasteiger partial charge in [-0.05, 0) is 90.8 Å². The van der Waals surface area contributed by atoms with E-state index < -0.39 is 45.6 Å². The Kier molecular flexibility index (Phi) is 15.3. The van der Waals surface area contributed by atoms with Crippen LogP contribution in [0, 0.1) is 51.0 Å². The second kappa shape index (κ2) is 21.1. The van der Waals surface area contributed by atoms with Crippen LogP contribution in [0.2, 0.25) is 10.0 Å². The van der Waals surface area contributed by atoms with Crippen LogP contribution in [0.5, 0.6) is 11.5 Å². The summed E-state index contributed by atoms with van der Waals surface area (Å²) in [6, 6.07) is 11.2. The molecule has 8 heterocycles. The molecule has 8 aromatic rings. The minimum Gasteiger partial charge on any atom is -0.485 e. The standard InChI is InChI=1S/2C25H22ClF2N5O3/c2*1-13-10-30-18(17-5-6-29-24(32-17)25(3,4)35)9-20(13)33-14(2)7-21(22(26)23(33)34)36-12-19-16(28)8-15(27)11-31-19/h2*5-11,35H,12H2,1-4H3. The number of halogens is 6. The van der Waals surface area contributed by atoms with Crippen LogP contribution < -0.4 is 20.6 Å². The van der Waals surface area contributed by atoms with Crippen molar-refractivity contribution in [2.75, 3.05) is 0 Å². The number of pyridine rings is 6. The van der Waals surface area contributed by atoms with E-state index in [0.717, 1.165) is 12.4 Å². The summed E-state index contributed by atoms with van der Waals surface area (Å²) in [6.07, 6.45) is 8.00. The normalized spacial score (nSPS) is 11.6. The minimum atomic E-state index is -1.24. The van der Waals surface area contributed by atoms with Crippen LogP contribution in [0.4, 0.5) is 17.6 Å². The number of aryl methyl sites for hydroxylation is 4. The van der Waals surface area contributed by atoms with Crippen molar-refractivity contribution in [2.24, 2.45) is 0 Å². The number of hydrogen-bond acceptors (Lipinski definition) is 14. The third kappa shape index (κ3) is 11.6. The van der Waals surface area contributed by atoms with E-state index in [1.165, 1.54) is 21.5 Å². The van der Waals surface area contributed by atoms with E-state index in [0.29, 0.717) is 68.8 Å². The summed E-state index contributed by atoms with van der Waals surface area (Å²) in [7, 11) is 0. The maximum absolute atomic E-state index is 13.9. The lowest BCUT2D eigenvalue weighted by atomic mass is 10.1. The molecule has 0 spiro atoms. The van der Waals surface area contributed by atoms with Gasteiger partial charge >= 0.3 is 0 Å². The molecule has 0 saturated carbocycles. The SMILES string of the molecule is Cc1cnc(-c2ccnc(C(C)(C)O)n2)cc1-n1c(C)cc(OCc2ncc(F)cc2F)c(Cl)c1=O.Cc1cnc(-c2ccnc(C(C)(C)O)n2)cc1-n1c(C)cc(OCc2ncc(F)cc2F)c(Cl)c1=O. The lowest BCUT2D eigenvalue weighted by molar-refractivity contribution is 0.0683. The first-order chi connectivity index (χ1) is 33.9. The third-order valence-electron chi connectivity index (χ3n) is 10.7. The molecule has 0 radical (unpaired) electrons. The molecule has 0 saturated heterocycles. The quantitative estimate of drug-likeness (QED) is 0.110. The molecule has 0 unspecified atom stereocenters. The molecule has 22 heteroatoms. The first kappa shape index (κ1) is 52.3. The second-order valence-electron chi connectivity index (χ2n) is 17.3. The Morgan fingerprint density at radius 3 is 1.26 bits per heavy atom.